The van der Waals surface area contributed by atoms with E-state index in [1.54, 1.807) is 38.2 Å². The molecule has 0 saturated heterocycles. The van der Waals surface area contributed by atoms with Crippen molar-refractivity contribution in [1.29, 1.82) is 0 Å². The number of benzene rings is 2. The number of carbonyl (C=O) groups excluding carboxylic acids is 1. The fraction of sp³-hybridized carbons (Fsp3) is 0.370. The lowest BCUT2D eigenvalue weighted by Gasteiger charge is -2.33. The summed E-state index contributed by atoms with van der Waals surface area (Å²) in [6, 6.07) is 12.4. The summed E-state index contributed by atoms with van der Waals surface area (Å²) in [5.41, 5.74) is 4.30. The van der Waals surface area contributed by atoms with Gasteiger partial charge < -0.3 is 14.6 Å². The second-order valence-electron chi connectivity index (χ2n) is 9.38. The summed E-state index contributed by atoms with van der Waals surface area (Å²) in [7, 11) is 5.21. The number of rotatable bonds is 5. The molecule has 1 N–H and O–H groups in total. The number of fused-ring (bicyclic) bond motifs is 2. The van der Waals surface area contributed by atoms with Crippen molar-refractivity contribution in [2.24, 2.45) is 5.92 Å². The number of aromatic nitrogens is 3. The number of H-pyrrole nitrogens is 1. The van der Waals surface area contributed by atoms with Gasteiger partial charge in [0.2, 0.25) is 0 Å². The molecule has 0 bridgehead atoms. The Kier molecular flexibility index (Phi) is 6.04. The van der Waals surface area contributed by atoms with Crippen LogP contribution in [0.3, 0.4) is 0 Å². The van der Waals surface area contributed by atoms with Crippen LogP contribution in [0.2, 0.25) is 0 Å². The van der Waals surface area contributed by atoms with Gasteiger partial charge in [-0.2, -0.15) is 0 Å². The molecule has 1 aliphatic rings. The smallest absolute Gasteiger partial charge is 0.253 e. The Balaban J connectivity index is 1.34. The molecular formula is C27H29FN4O2. The van der Waals surface area contributed by atoms with Gasteiger partial charge in [-0.25, -0.2) is 9.37 Å². The highest BCUT2D eigenvalue weighted by molar-refractivity contribution is 5.97. The summed E-state index contributed by atoms with van der Waals surface area (Å²) >= 11 is 0. The summed E-state index contributed by atoms with van der Waals surface area (Å²) < 4.78 is 19.8. The SMILES string of the molecule is CO[C@@H](c1nc2cc(C(=O)N(C)C)ccc2[nH]1)[C@H]1CC[C@@H](c2ccnc3ccc(F)cc32)CC1. The Bertz CT molecular complexity index is 1340. The first kappa shape index (κ1) is 22.5. The van der Waals surface area contributed by atoms with Crippen molar-refractivity contribution in [1.82, 2.24) is 19.9 Å². The molecule has 2 aromatic carbocycles. The molecule has 1 amide bonds. The van der Waals surface area contributed by atoms with Crippen LogP contribution in [0, 0.1) is 11.7 Å². The summed E-state index contributed by atoms with van der Waals surface area (Å²) in [4.78, 5) is 26.5. The second-order valence-corrected chi connectivity index (χ2v) is 9.38. The molecule has 7 heteroatoms. The molecule has 1 aliphatic carbocycles. The van der Waals surface area contributed by atoms with Crippen LogP contribution < -0.4 is 0 Å². The number of pyridine rings is 1. The average molecular weight is 461 g/mol. The third kappa shape index (κ3) is 4.16. The summed E-state index contributed by atoms with van der Waals surface area (Å²) in [6.07, 6.45) is 5.66. The van der Waals surface area contributed by atoms with Gasteiger partial charge in [0.05, 0.1) is 16.6 Å². The number of amides is 1. The molecule has 1 fully saturated rings. The number of hydrogen-bond acceptors (Lipinski definition) is 4. The average Bonchev–Trinajstić information content (AvgIpc) is 3.27. The van der Waals surface area contributed by atoms with Crippen LogP contribution in [-0.2, 0) is 4.74 Å². The van der Waals surface area contributed by atoms with E-state index < -0.39 is 0 Å². The fourth-order valence-electron chi connectivity index (χ4n) is 5.31. The zero-order chi connectivity index (χ0) is 23.8. The van der Waals surface area contributed by atoms with Gasteiger partial charge >= 0.3 is 0 Å². The van der Waals surface area contributed by atoms with E-state index in [0.29, 0.717) is 17.4 Å². The van der Waals surface area contributed by atoms with E-state index in [2.05, 4.69) is 9.97 Å². The molecule has 34 heavy (non-hydrogen) atoms. The largest absolute Gasteiger partial charge is 0.373 e. The van der Waals surface area contributed by atoms with Crippen LogP contribution in [0.5, 0.6) is 0 Å². The Hall–Kier alpha value is -3.32. The first-order valence-electron chi connectivity index (χ1n) is 11.7. The molecule has 2 heterocycles. The molecular weight excluding hydrogens is 431 g/mol. The van der Waals surface area contributed by atoms with Gasteiger partial charge in [0, 0.05) is 38.4 Å². The van der Waals surface area contributed by atoms with Gasteiger partial charge in [-0.05, 0) is 85.5 Å². The Morgan fingerprint density at radius 3 is 2.62 bits per heavy atom. The number of imidazole rings is 1. The maximum Gasteiger partial charge on any atom is 0.253 e. The standard InChI is InChI=1S/C27H29FN4O2/c1-32(2)27(33)18-8-10-23-24(14-18)31-26(30-23)25(34-3)17-6-4-16(5-7-17)20-12-13-29-22-11-9-19(28)15-21(20)22/h8-17,25H,4-7H2,1-3H3,(H,30,31)/t16-,17+,25-/m1/s1. The van der Waals surface area contributed by atoms with Gasteiger partial charge in [-0.15, -0.1) is 0 Å². The van der Waals surface area contributed by atoms with Gasteiger partial charge in [-0.3, -0.25) is 9.78 Å². The predicted molar refractivity (Wildman–Crippen MR) is 130 cm³/mol. The third-order valence-electron chi connectivity index (χ3n) is 7.06. The molecule has 4 aromatic rings. The van der Waals surface area contributed by atoms with Crippen LogP contribution in [-0.4, -0.2) is 47.0 Å². The Morgan fingerprint density at radius 1 is 1.09 bits per heavy atom. The highest BCUT2D eigenvalue weighted by Crippen LogP contribution is 2.43. The number of halogens is 1. The summed E-state index contributed by atoms with van der Waals surface area (Å²) in [5.74, 6) is 1.23. The minimum Gasteiger partial charge on any atom is -0.373 e. The zero-order valence-electron chi connectivity index (χ0n) is 19.7. The van der Waals surface area contributed by atoms with Crippen LogP contribution >= 0.6 is 0 Å². The summed E-state index contributed by atoms with van der Waals surface area (Å²) in [5, 5.41) is 0.912. The Morgan fingerprint density at radius 2 is 1.88 bits per heavy atom. The predicted octanol–water partition coefficient (Wildman–Crippen LogP) is 5.61. The third-order valence-corrected chi connectivity index (χ3v) is 7.06. The van der Waals surface area contributed by atoms with E-state index in [-0.39, 0.29) is 17.8 Å². The molecule has 6 nitrogen and oxygen atoms in total. The highest BCUT2D eigenvalue weighted by Gasteiger charge is 2.31. The Labute approximate surface area is 198 Å². The van der Waals surface area contributed by atoms with Crippen molar-refractivity contribution in [3.05, 3.63) is 71.4 Å². The molecule has 1 saturated carbocycles. The fourth-order valence-corrected chi connectivity index (χ4v) is 5.31. The molecule has 0 aliphatic heterocycles. The lowest BCUT2D eigenvalue weighted by atomic mass is 9.76. The number of carbonyl (C=O) groups is 1. The lowest BCUT2D eigenvalue weighted by molar-refractivity contribution is 0.0274. The van der Waals surface area contributed by atoms with Gasteiger partial charge in [0.25, 0.3) is 5.91 Å². The number of nitrogens with one attached hydrogen (secondary N) is 1. The van der Waals surface area contributed by atoms with E-state index in [1.165, 1.54) is 11.6 Å². The normalized spacial score (nSPS) is 19.4. The minimum absolute atomic E-state index is 0.0448. The number of nitrogens with zero attached hydrogens (tertiary/aromatic N) is 3. The monoisotopic (exact) mass is 460 g/mol. The molecule has 0 radical (unpaired) electrons. The van der Waals surface area contributed by atoms with Crippen LogP contribution in [0.4, 0.5) is 4.39 Å². The quantitative estimate of drug-likeness (QED) is 0.420. The highest BCUT2D eigenvalue weighted by atomic mass is 19.1. The molecule has 0 spiro atoms. The van der Waals surface area contributed by atoms with Crippen molar-refractivity contribution >= 4 is 27.8 Å². The van der Waals surface area contributed by atoms with Gasteiger partial charge in [0.15, 0.2) is 0 Å². The van der Waals surface area contributed by atoms with Crippen LogP contribution in [0.1, 0.15) is 59.5 Å². The number of ether oxygens (including phenoxy) is 1. The van der Waals surface area contributed by atoms with Gasteiger partial charge in [-0.1, -0.05) is 0 Å². The zero-order valence-corrected chi connectivity index (χ0v) is 19.7. The molecule has 0 unspecified atom stereocenters. The molecule has 1 atom stereocenters. The molecule has 2 aromatic heterocycles. The van der Waals surface area contributed by atoms with Gasteiger partial charge in [0.1, 0.15) is 17.7 Å². The van der Waals surface area contributed by atoms with E-state index in [9.17, 15) is 9.18 Å². The van der Waals surface area contributed by atoms with Crippen LogP contribution in [0.25, 0.3) is 21.9 Å². The minimum atomic E-state index is -0.227. The van der Waals surface area contributed by atoms with Crippen molar-refractivity contribution in [3.8, 4) is 0 Å². The van der Waals surface area contributed by atoms with Crippen LogP contribution in [0.15, 0.2) is 48.7 Å². The topological polar surface area (TPSA) is 71.1 Å². The maximum absolute atomic E-state index is 13.9. The lowest BCUT2D eigenvalue weighted by Crippen LogP contribution is -2.22. The first-order valence-corrected chi connectivity index (χ1v) is 11.7. The molecule has 176 valence electrons. The maximum atomic E-state index is 13.9. The van der Waals surface area contributed by atoms with E-state index >= 15 is 0 Å². The van der Waals surface area contributed by atoms with Crippen molar-refractivity contribution in [2.75, 3.05) is 21.2 Å². The number of methoxy groups -OCH3 is 1. The summed E-state index contributed by atoms with van der Waals surface area (Å²) in [6.45, 7) is 0. The number of hydrogen-bond donors (Lipinski definition) is 1. The molecule has 5 rings (SSSR count). The first-order chi connectivity index (χ1) is 16.4. The van der Waals surface area contributed by atoms with E-state index in [1.807, 2.05) is 30.5 Å². The van der Waals surface area contributed by atoms with Crippen molar-refractivity contribution in [3.63, 3.8) is 0 Å². The van der Waals surface area contributed by atoms with E-state index in [0.717, 1.165) is 53.4 Å². The second kappa shape index (κ2) is 9.14. The van der Waals surface area contributed by atoms with Crippen molar-refractivity contribution in [2.45, 2.75) is 37.7 Å². The van der Waals surface area contributed by atoms with E-state index in [4.69, 9.17) is 9.72 Å². The van der Waals surface area contributed by atoms with Crippen molar-refractivity contribution < 1.29 is 13.9 Å². The number of aromatic amines is 1.